The summed E-state index contributed by atoms with van der Waals surface area (Å²) in [7, 11) is 1.57. The highest BCUT2D eigenvalue weighted by atomic mass is 32.2. The molecule has 0 aliphatic carbocycles. The van der Waals surface area contributed by atoms with Gasteiger partial charge in [0.25, 0.3) is 0 Å². The number of nitrogens with zero attached hydrogens (tertiary/aromatic N) is 2. The number of allylic oxidation sites excluding steroid dienone is 1. The fraction of sp³-hybridized carbons (Fsp3) is 0.227. The molecule has 29 heavy (non-hydrogen) atoms. The minimum atomic E-state index is -0.691. The number of hydrogen-bond acceptors (Lipinski definition) is 6. The van der Waals surface area contributed by atoms with Crippen LogP contribution in [0.3, 0.4) is 0 Å². The van der Waals surface area contributed by atoms with E-state index >= 15 is 0 Å². The summed E-state index contributed by atoms with van der Waals surface area (Å²) in [6.07, 6.45) is 0. The van der Waals surface area contributed by atoms with Gasteiger partial charge in [-0.15, -0.1) is 0 Å². The number of anilines is 1. The maximum atomic E-state index is 13.4. The summed E-state index contributed by atoms with van der Waals surface area (Å²) in [6, 6.07) is 16.6. The first kappa shape index (κ1) is 19.1. The first-order valence-electron chi connectivity index (χ1n) is 9.11. The van der Waals surface area contributed by atoms with Gasteiger partial charge >= 0.3 is 0 Å². The lowest BCUT2D eigenvalue weighted by atomic mass is 9.79. The van der Waals surface area contributed by atoms with Gasteiger partial charge in [-0.05, 0) is 36.8 Å². The van der Waals surface area contributed by atoms with Crippen LogP contribution in [0.2, 0.25) is 0 Å². The fourth-order valence-electron chi connectivity index (χ4n) is 3.90. The van der Waals surface area contributed by atoms with Crippen molar-refractivity contribution < 1.29 is 14.3 Å². The fourth-order valence-corrected chi connectivity index (χ4v) is 5.10. The van der Waals surface area contributed by atoms with Crippen LogP contribution in [0, 0.1) is 24.2 Å². The topological polar surface area (TPSA) is 96.4 Å². The quantitative estimate of drug-likeness (QED) is 0.789. The molecule has 2 aliphatic rings. The molecule has 3 unspecified atom stereocenters. The van der Waals surface area contributed by atoms with E-state index in [4.69, 9.17) is 10.5 Å². The molecule has 4 rings (SSSR count). The van der Waals surface area contributed by atoms with Gasteiger partial charge in [0.1, 0.15) is 11.0 Å². The van der Waals surface area contributed by atoms with E-state index in [0.29, 0.717) is 22.0 Å². The number of benzene rings is 2. The van der Waals surface area contributed by atoms with Crippen LogP contribution >= 0.6 is 11.8 Å². The molecule has 0 spiro atoms. The van der Waals surface area contributed by atoms with Gasteiger partial charge in [0.2, 0.25) is 11.8 Å². The number of methoxy groups -OCH3 is 1. The molecule has 2 aromatic carbocycles. The van der Waals surface area contributed by atoms with Gasteiger partial charge in [-0.25, -0.2) is 4.90 Å². The van der Waals surface area contributed by atoms with Crippen LogP contribution in [0.1, 0.15) is 17.0 Å². The molecule has 6 nitrogen and oxygen atoms in total. The second-order valence-electron chi connectivity index (χ2n) is 7.05. The summed E-state index contributed by atoms with van der Waals surface area (Å²) in [5.74, 6) is -1.21. The van der Waals surface area contributed by atoms with Crippen LogP contribution in [0.25, 0.3) is 0 Å². The molecule has 2 amide bonds. The number of hydrogen-bond donors (Lipinski definition) is 1. The Labute approximate surface area is 172 Å². The van der Waals surface area contributed by atoms with E-state index in [2.05, 4.69) is 6.07 Å². The molecule has 146 valence electrons. The number of nitrogens with two attached hydrogens (primary N) is 1. The van der Waals surface area contributed by atoms with Gasteiger partial charge in [0.05, 0.1) is 35.4 Å². The molecule has 1 fully saturated rings. The molecule has 1 saturated heterocycles. The molecular formula is C22H19N3O3S. The van der Waals surface area contributed by atoms with Crippen LogP contribution < -0.4 is 15.4 Å². The van der Waals surface area contributed by atoms with Crippen LogP contribution in [0.4, 0.5) is 5.69 Å². The van der Waals surface area contributed by atoms with E-state index in [0.717, 1.165) is 22.9 Å². The van der Waals surface area contributed by atoms with Crippen LogP contribution in [-0.4, -0.2) is 24.2 Å². The number of fused-ring (bicyclic) bond motifs is 1. The second-order valence-corrected chi connectivity index (χ2v) is 8.24. The number of rotatable bonds is 3. The molecule has 0 radical (unpaired) electrons. The molecule has 0 bridgehead atoms. The van der Waals surface area contributed by atoms with Crippen molar-refractivity contribution in [2.45, 2.75) is 18.1 Å². The Hall–Kier alpha value is -3.24. The van der Waals surface area contributed by atoms with Crippen molar-refractivity contribution in [2.75, 3.05) is 12.0 Å². The van der Waals surface area contributed by atoms with E-state index in [1.807, 2.05) is 31.2 Å². The van der Waals surface area contributed by atoms with Gasteiger partial charge in [-0.3, -0.25) is 9.59 Å². The molecule has 0 aromatic heterocycles. The van der Waals surface area contributed by atoms with Crippen molar-refractivity contribution in [3.05, 3.63) is 70.3 Å². The van der Waals surface area contributed by atoms with Crippen molar-refractivity contribution in [1.82, 2.24) is 0 Å². The summed E-state index contributed by atoms with van der Waals surface area (Å²) < 4.78 is 5.21. The molecule has 7 heteroatoms. The standard InChI is InChI=1S/C22H19N3O3S/c1-12-3-7-14(8-4-12)25-21(26)18-17(13-5-9-15(28-2)10-6-13)16(11-23)20(24)29-19(18)22(25)27/h3-10,17-19H,24H2,1-2H3. The first-order chi connectivity index (χ1) is 14.0. The minimum Gasteiger partial charge on any atom is -0.497 e. The molecule has 2 heterocycles. The lowest BCUT2D eigenvalue weighted by molar-refractivity contribution is -0.122. The smallest absolute Gasteiger partial charge is 0.248 e. The summed E-state index contributed by atoms with van der Waals surface area (Å²) >= 11 is 1.11. The van der Waals surface area contributed by atoms with E-state index < -0.39 is 17.1 Å². The van der Waals surface area contributed by atoms with Crippen molar-refractivity contribution in [2.24, 2.45) is 11.7 Å². The largest absolute Gasteiger partial charge is 0.497 e. The number of thioether (sulfide) groups is 1. The van der Waals surface area contributed by atoms with Crippen LogP contribution in [0.15, 0.2) is 59.1 Å². The minimum absolute atomic E-state index is 0.293. The Kier molecular flexibility index (Phi) is 4.81. The van der Waals surface area contributed by atoms with E-state index in [1.165, 1.54) is 4.90 Å². The SMILES string of the molecule is COc1ccc(C2C(C#N)=C(N)SC3C(=O)N(c4ccc(C)cc4)C(=O)C32)cc1. The van der Waals surface area contributed by atoms with Gasteiger partial charge in [0.15, 0.2) is 0 Å². The third-order valence-corrected chi connectivity index (χ3v) is 6.60. The van der Waals surface area contributed by atoms with Crippen LogP contribution in [-0.2, 0) is 9.59 Å². The van der Waals surface area contributed by atoms with Gasteiger partial charge in [0, 0.05) is 5.92 Å². The number of carbonyl (C=O) groups excluding carboxylic acids is 2. The Bertz CT molecular complexity index is 1050. The summed E-state index contributed by atoms with van der Waals surface area (Å²) in [6.45, 7) is 1.94. The predicted molar refractivity (Wildman–Crippen MR) is 111 cm³/mol. The monoisotopic (exact) mass is 405 g/mol. The third-order valence-electron chi connectivity index (χ3n) is 5.37. The maximum absolute atomic E-state index is 13.4. The number of ether oxygens (including phenoxy) is 1. The molecule has 0 saturated carbocycles. The number of amides is 2. The Morgan fingerprint density at radius 1 is 1.07 bits per heavy atom. The Balaban J connectivity index is 1.80. The highest BCUT2D eigenvalue weighted by Crippen LogP contribution is 2.50. The lowest BCUT2D eigenvalue weighted by Crippen LogP contribution is -2.33. The average molecular weight is 405 g/mol. The molecule has 2 aromatic rings. The van der Waals surface area contributed by atoms with E-state index in [1.54, 1.807) is 31.4 Å². The van der Waals surface area contributed by atoms with E-state index in [-0.39, 0.29) is 11.8 Å². The number of imide groups is 1. The molecule has 2 aliphatic heterocycles. The van der Waals surface area contributed by atoms with Gasteiger partial charge < -0.3 is 10.5 Å². The van der Waals surface area contributed by atoms with Gasteiger partial charge in [-0.1, -0.05) is 41.6 Å². The zero-order valence-electron chi connectivity index (χ0n) is 16.0. The summed E-state index contributed by atoms with van der Waals surface area (Å²) in [4.78, 5) is 27.8. The maximum Gasteiger partial charge on any atom is 0.248 e. The highest BCUT2D eigenvalue weighted by Gasteiger charge is 2.56. The molecule has 3 atom stereocenters. The Morgan fingerprint density at radius 2 is 1.72 bits per heavy atom. The van der Waals surface area contributed by atoms with Crippen LogP contribution in [0.5, 0.6) is 5.75 Å². The first-order valence-corrected chi connectivity index (χ1v) is 9.99. The second kappa shape index (κ2) is 7.30. The lowest BCUT2D eigenvalue weighted by Gasteiger charge is -2.30. The Morgan fingerprint density at radius 3 is 2.31 bits per heavy atom. The highest BCUT2D eigenvalue weighted by molar-refractivity contribution is 8.04. The predicted octanol–water partition coefficient (Wildman–Crippen LogP) is 3.09. The molecule has 2 N–H and O–H groups in total. The zero-order chi connectivity index (χ0) is 20.7. The van der Waals surface area contributed by atoms with Crippen molar-refractivity contribution in [3.8, 4) is 11.8 Å². The van der Waals surface area contributed by atoms with E-state index in [9.17, 15) is 14.9 Å². The number of carbonyl (C=O) groups is 2. The summed E-state index contributed by atoms with van der Waals surface area (Å²) in [5.41, 5.74) is 8.81. The zero-order valence-corrected chi connectivity index (χ0v) is 16.8. The normalized spacial score (nSPS) is 23.8. The number of nitriles is 1. The van der Waals surface area contributed by atoms with Crippen molar-refractivity contribution in [1.29, 1.82) is 5.26 Å². The average Bonchev–Trinajstić information content (AvgIpc) is 2.97. The third kappa shape index (κ3) is 3.06. The van der Waals surface area contributed by atoms with Gasteiger partial charge in [-0.2, -0.15) is 5.26 Å². The van der Waals surface area contributed by atoms with Crippen molar-refractivity contribution >= 4 is 29.3 Å². The number of aryl methyl sites for hydroxylation is 1. The van der Waals surface area contributed by atoms with Crippen molar-refractivity contribution in [3.63, 3.8) is 0 Å². The summed E-state index contributed by atoms with van der Waals surface area (Å²) in [5, 5.41) is 9.38. The molecular weight excluding hydrogens is 386 g/mol.